The molecule has 0 radical (unpaired) electrons. The van der Waals surface area contributed by atoms with E-state index < -0.39 is 0 Å². The SMILES string of the molecule is CCCN1c2cc(C)c(/C=N/NC(=O)COc3cccc(N(C)C)c3)cc2C(C)=CC1(C)C. The predicted molar refractivity (Wildman–Crippen MR) is 139 cm³/mol. The third-order valence-corrected chi connectivity index (χ3v) is 5.91. The van der Waals surface area contributed by atoms with Crippen LogP contribution in [0, 0.1) is 6.92 Å². The number of hydrogen-bond acceptors (Lipinski definition) is 5. The van der Waals surface area contributed by atoms with Crippen LogP contribution in [0.15, 0.2) is 47.6 Å². The lowest BCUT2D eigenvalue weighted by molar-refractivity contribution is -0.123. The third kappa shape index (κ3) is 5.75. The van der Waals surface area contributed by atoms with Crippen LogP contribution in [-0.2, 0) is 4.79 Å². The number of ether oxygens (including phenoxy) is 1. The Balaban J connectivity index is 1.68. The van der Waals surface area contributed by atoms with Crippen molar-refractivity contribution in [3.05, 3.63) is 59.2 Å². The summed E-state index contributed by atoms with van der Waals surface area (Å²) in [6.45, 7) is 11.9. The summed E-state index contributed by atoms with van der Waals surface area (Å²) in [6.07, 6.45) is 5.12. The summed E-state index contributed by atoms with van der Waals surface area (Å²) in [4.78, 5) is 16.7. The topological polar surface area (TPSA) is 57.2 Å². The summed E-state index contributed by atoms with van der Waals surface area (Å²) in [6, 6.07) is 12.0. The summed E-state index contributed by atoms with van der Waals surface area (Å²) in [5.41, 5.74) is 9.40. The quantitative estimate of drug-likeness (QED) is 0.456. The van der Waals surface area contributed by atoms with Crippen molar-refractivity contribution in [1.29, 1.82) is 0 Å². The van der Waals surface area contributed by atoms with E-state index in [9.17, 15) is 4.79 Å². The van der Waals surface area contributed by atoms with Gasteiger partial charge in [0.1, 0.15) is 5.75 Å². The van der Waals surface area contributed by atoms with E-state index >= 15 is 0 Å². The molecule has 0 bridgehead atoms. The second-order valence-corrected chi connectivity index (χ2v) is 9.33. The number of carbonyl (C=O) groups excluding carboxylic acids is 1. The molecule has 1 aliphatic heterocycles. The zero-order valence-corrected chi connectivity index (χ0v) is 20.9. The van der Waals surface area contributed by atoms with Crippen LogP contribution in [0.5, 0.6) is 5.75 Å². The standard InChI is InChI=1S/C27H36N4O2/c1-8-12-31-25-13-19(2)21(14-24(25)20(3)16-27(31,4)5)17-28-29-26(32)18-33-23-11-9-10-22(15-23)30(6)7/h9-11,13-17H,8,12,18H2,1-7H3,(H,29,32)/b28-17+. The number of allylic oxidation sites excluding steroid dienone is 1. The highest BCUT2D eigenvalue weighted by Crippen LogP contribution is 2.40. The predicted octanol–water partition coefficient (Wildman–Crippen LogP) is 5.00. The van der Waals surface area contributed by atoms with Gasteiger partial charge in [0.15, 0.2) is 6.61 Å². The fraction of sp³-hybridized carbons (Fsp3) is 0.407. The van der Waals surface area contributed by atoms with Gasteiger partial charge in [-0.1, -0.05) is 19.1 Å². The van der Waals surface area contributed by atoms with Crippen molar-refractivity contribution in [2.45, 2.75) is 46.6 Å². The van der Waals surface area contributed by atoms with Gasteiger partial charge in [-0.2, -0.15) is 5.10 Å². The van der Waals surface area contributed by atoms with Gasteiger partial charge in [-0.15, -0.1) is 0 Å². The number of nitrogens with zero attached hydrogens (tertiary/aromatic N) is 3. The zero-order valence-electron chi connectivity index (χ0n) is 20.9. The van der Waals surface area contributed by atoms with Gasteiger partial charge in [-0.05, 0) is 75.1 Å². The number of rotatable bonds is 8. The van der Waals surface area contributed by atoms with Gasteiger partial charge in [-0.3, -0.25) is 4.79 Å². The molecule has 2 aromatic carbocycles. The second-order valence-electron chi connectivity index (χ2n) is 9.33. The maximum Gasteiger partial charge on any atom is 0.277 e. The number of carbonyl (C=O) groups is 1. The first-order valence-electron chi connectivity index (χ1n) is 11.5. The van der Waals surface area contributed by atoms with Crippen LogP contribution in [0.4, 0.5) is 11.4 Å². The summed E-state index contributed by atoms with van der Waals surface area (Å²) in [5, 5.41) is 4.17. The van der Waals surface area contributed by atoms with E-state index in [0.717, 1.165) is 29.8 Å². The third-order valence-electron chi connectivity index (χ3n) is 5.91. The minimum absolute atomic E-state index is 0.0187. The van der Waals surface area contributed by atoms with Crippen molar-refractivity contribution in [2.75, 3.05) is 37.0 Å². The molecular weight excluding hydrogens is 412 g/mol. The van der Waals surface area contributed by atoms with Gasteiger partial charge in [0, 0.05) is 43.6 Å². The molecule has 0 atom stereocenters. The number of fused-ring (bicyclic) bond motifs is 1. The molecule has 3 rings (SSSR count). The maximum absolute atomic E-state index is 12.2. The molecule has 6 heteroatoms. The van der Waals surface area contributed by atoms with Crippen LogP contribution in [-0.4, -0.2) is 44.9 Å². The summed E-state index contributed by atoms with van der Waals surface area (Å²) < 4.78 is 5.60. The monoisotopic (exact) mass is 448 g/mol. The van der Waals surface area contributed by atoms with E-state index in [4.69, 9.17) is 4.74 Å². The fourth-order valence-corrected chi connectivity index (χ4v) is 4.22. The molecule has 1 aliphatic rings. The van der Waals surface area contributed by atoms with E-state index in [0.29, 0.717) is 5.75 Å². The van der Waals surface area contributed by atoms with Crippen molar-refractivity contribution >= 4 is 29.1 Å². The van der Waals surface area contributed by atoms with Crippen LogP contribution < -0.4 is 20.0 Å². The highest BCUT2D eigenvalue weighted by Gasteiger charge is 2.31. The van der Waals surface area contributed by atoms with E-state index in [1.54, 1.807) is 6.21 Å². The van der Waals surface area contributed by atoms with Crippen molar-refractivity contribution in [2.24, 2.45) is 5.10 Å². The molecule has 1 N–H and O–H groups in total. The fourth-order valence-electron chi connectivity index (χ4n) is 4.22. The minimum atomic E-state index is -0.302. The molecule has 0 fully saturated rings. The molecule has 2 aromatic rings. The lowest BCUT2D eigenvalue weighted by Gasteiger charge is -2.43. The van der Waals surface area contributed by atoms with Crippen LogP contribution >= 0.6 is 0 Å². The molecule has 1 heterocycles. The van der Waals surface area contributed by atoms with Gasteiger partial charge in [-0.25, -0.2) is 5.43 Å². The zero-order chi connectivity index (χ0) is 24.2. The van der Waals surface area contributed by atoms with Gasteiger partial charge in [0.25, 0.3) is 5.91 Å². The minimum Gasteiger partial charge on any atom is -0.484 e. The molecule has 0 saturated carbocycles. The van der Waals surface area contributed by atoms with E-state index in [1.807, 2.05) is 43.3 Å². The molecule has 1 amide bonds. The summed E-state index contributed by atoms with van der Waals surface area (Å²) in [5.74, 6) is 0.344. The number of anilines is 2. The first-order chi connectivity index (χ1) is 15.6. The van der Waals surface area contributed by atoms with E-state index in [2.05, 4.69) is 68.3 Å². The molecule has 0 saturated heterocycles. The Kier molecular flexibility index (Phi) is 7.46. The Labute approximate surface area is 197 Å². The molecule has 33 heavy (non-hydrogen) atoms. The van der Waals surface area contributed by atoms with Crippen LogP contribution in [0.1, 0.15) is 50.8 Å². The van der Waals surface area contributed by atoms with Crippen molar-refractivity contribution in [3.8, 4) is 5.75 Å². The van der Waals surface area contributed by atoms with Crippen molar-refractivity contribution < 1.29 is 9.53 Å². The number of aryl methyl sites for hydroxylation is 1. The molecule has 0 spiro atoms. The first kappa shape index (κ1) is 24.4. The number of nitrogens with one attached hydrogen (secondary N) is 1. The van der Waals surface area contributed by atoms with Gasteiger partial charge in [0.2, 0.25) is 0 Å². The first-order valence-corrected chi connectivity index (χ1v) is 11.5. The smallest absolute Gasteiger partial charge is 0.277 e. The van der Waals surface area contributed by atoms with Gasteiger partial charge < -0.3 is 14.5 Å². The van der Waals surface area contributed by atoms with E-state index in [1.165, 1.54) is 16.8 Å². The molecule has 0 aliphatic carbocycles. The van der Waals surface area contributed by atoms with Crippen molar-refractivity contribution in [3.63, 3.8) is 0 Å². The Hall–Kier alpha value is -3.28. The molecule has 0 aromatic heterocycles. The van der Waals surface area contributed by atoms with Crippen LogP contribution in [0.3, 0.4) is 0 Å². The van der Waals surface area contributed by atoms with Crippen molar-refractivity contribution in [1.82, 2.24) is 5.43 Å². The molecule has 176 valence electrons. The normalized spacial score (nSPS) is 14.6. The van der Waals surface area contributed by atoms with E-state index in [-0.39, 0.29) is 18.1 Å². The highest BCUT2D eigenvalue weighted by atomic mass is 16.5. The van der Waals surface area contributed by atoms with Gasteiger partial charge in [0.05, 0.1) is 11.8 Å². The Bertz CT molecular complexity index is 1070. The lowest BCUT2D eigenvalue weighted by Crippen LogP contribution is -2.45. The largest absolute Gasteiger partial charge is 0.484 e. The average molecular weight is 449 g/mol. The van der Waals surface area contributed by atoms with Gasteiger partial charge >= 0.3 is 0 Å². The number of hydrazone groups is 1. The van der Waals surface area contributed by atoms with Crippen LogP contribution in [0.2, 0.25) is 0 Å². The maximum atomic E-state index is 12.2. The Morgan fingerprint density at radius 3 is 2.67 bits per heavy atom. The number of hydrogen-bond donors (Lipinski definition) is 1. The number of benzene rings is 2. The second kappa shape index (κ2) is 10.1. The Morgan fingerprint density at radius 2 is 1.97 bits per heavy atom. The summed E-state index contributed by atoms with van der Waals surface area (Å²) in [7, 11) is 3.92. The molecule has 6 nitrogen and oxygen atoms in total. The number of amides is 1. The molecule has 0 unspecified atom stereocenters. The highest BCUT2D eigenvalue weighted by molar-refractivity contribution is 5.90. The van der Waals surface area contributed by atoms with Crippen LogP contribution in [0.25, 0.3) is 5.57 Å². The average Bonchev–Trinajstić information content (AvgIpc) is 2.76. The Morgan fingerprint density at radius 1 is 1.21 bits per heavy atom. The lowest BCUT2D eigenvalue weighted by atomic mass is 9.87. The molecular formula is C27H36N4O2. The summed E-state index contributed by atoms with van der Waals surface area (Å²) >= 11 is 0.